The quantitative estimate of drug-likeness (QED) is 0.400. The maximum atomic E-state index is 12.4. The number of aryl methyl sites for hydroxylation is 1. The van der Waals surface area contributed by atoms with Crippen LogP contribution in [0.3, 0.4) is 0 Å². The summed E-state index contributed by atoms with van der Waals surface area (Å²) < 4.78 is 37.2. The van der Waals surface area contributed by atoms with Crippen molar-refractivity contribution in [1.29, 1.82) is 0 Å². The summed E-state index contributed by atoms with van der Waals surface area (Å²) in [5, 5.41) is 12.7. The number of alkyl halides is 3. The number of thiazole rings is 1. The molecule has 10 heteroatoms. The van der Waals surface area contributed by atoms with Gasteiger partial charge < -0.3 is 10.1 Å². The van der Waals surface area contributed by atoms with Gasteiger partial charge in [0.2, 0.25) is 5.91 Å². The standard InChI is InChI=1S/C16H18F3N3O2S2/c1-3-22(13(23)6-8-25-10-16(17,18)19)15-11(2)20-14(26-15)12-5-4-7-21(24)9-12/h4-5,7,9H,3,6,8,10H2,1-2H3. The first-order valence-corrected chi connectivity index (χ1v) is 9.80. The van der Waals surface area contributed by atoms with Crippen molar-refractivity contribution in [2.24, 2.45) is 0 Å². The molecule has 0 unspecified atom stereocenters. The van der Waals surface area contributed by atoms with Gasteiger partial charge in [0.15, 0.2) is 12.4 Å². The van der Waals surface area contributed by atoms with Crippen LogP contribution >= 0.6 is 23.1 Å². The number of aromatic nitrogens is 2. The second kappa shape index (κ2) is 8.72. The van der Waals surface area contributed by atoms with E-state index in [1.807, 2.05) is 0 Å². The van der Waals surface area contributed by atoms with E-state index < -0.39 is 11.9 Å². The molecule has 2 aromatic rings. The molecule has 0 spiro atoms. The molecular formula is C16H18F3N3O2S2. The van der Waals surface area contributed by atoms with E-state index in [0.29, 0.717) is 44.3 Å². The average molecular weight is 405 g/mol. The van der Waals surface area contributed by atoms with Crippen molar-refractivity contribution in [3.8, 4) is 10.6 Å². The van der Waals surface area contributed by atoms with Crippen molar-refractivity contribution in [2.75, 3.05) is 23.0 Å². The van der Waals surface area contributed by atoms with Gasteiger partial charge in [0.05, 0.1) is 17.0 Å². The highest BCUT2D eigenvalue weighted by Gasteiger charge is 2.27. The predicted molar refractivity (Wildman–Crippen MR) is 97.3 cm³/mol. The fourth-order valence-corrected chi connectivity index (χ4v) is 4.09. The lowest BCUT2D eigenvalue weighted by Crippen LogP contribution is -2.30. The Balaban J connectivity index is 2.08. The van der Waals surface area contributed by atoms with Crippen LogP contribution in [0.25, 0.3) is 10.6 Å². The number of carbonyl (C=O) groups excluding carboxylic acids is 1. The number of anilines is 1. The first-order valence-electron chi connectivity index (χ1n) is 7.82. The minimum absolute atomic E-state index is 0.0210. The van der Waals surface area contributed by atoms with Crippen LogP contribution in [0, 0.1) is 12.1 Å². The summed E-state index contributed by atoms with van der Waals surface area (Å²) in [6, 6.07) is 3.36. The number of pyridine rings is 1. The third-order valence-corrected chi connectivity index (χ3v) is 5.64. The number of hydrogen-bond acceptors (Lipinski definition) is 5. The Morgan fingerprint density at radius 1 is 1.46 bits per heavy atom. The number of rotatable bonds is 7. The summed E-state index contributed by atoms with van der Waals surface area (Å²) in [4.78, 5) is 18.4. The zero-order valence-corrected chi connectivity index (χ0v) is 15.9. The second-order valence-electron chi connectivity index (χ2n) is 5.42. The Hall–Kier alpha value is -1.81. The molecule has 0 aliphatic carbocycles. The first-order chi connectivity index (χ1) is 12.2. The zero-order valence-electron chi connectivity index (χ0n) is 14.2. The molecular weight excluding hydrogens is 387 g/mol. The van der Waals surface area contributed by atoms with Crippen molar-refractivity contribution in [1.82, 2.24) is 4.98 Å². The molecule has 26 heavy (non-hydrogen) atoms. The van der Waals surface area contributed by atoms with Crippen LogP contribution in [-0.2, 0) is 4.79 Å². The number of nitrogens with zero attached hydrogens (tertiary/aromatic N) is 3. The van der Waals surface area contributed by atoms with Crippen LogP contribution in [0.1, 0.15) is 19.0 Å². The molecule has 2 heterocycles. The summed E-state index contributed by atoms with van der Waals surface area (Å²) in [7, 11) is 0. The van der Waals surface area contributed by atoms with Gasteiger partial charge in [-0.15, -0.1) is 0 Å². The van der Waals surface area contributed by atoms with E-state index in [-0.39, 0.29) is 18.1 Å². The van der Waals surface area contributed by atoms with Gasteiger partial charge in [-0.05, 0) is 19.9 Å². The van der Waals surface area contributed by atoms with Crippen LogP contribution in [-0.4, -0.2) is 35.1 Å². The largest absolute Gasteiger partial charge is 0.619 e. The van der Waals surface area contributed by atoms with E-state index in [9.17, 15) is 23.2 Å². The third kappa shape index (κ3) is 5.60. The molecule has 0 bridgehead atoms. The SMILES string of the molecule is CCN(C(=O)CCSCC(F)(F)F)c1sc(-c2ccc[n+]([O-])c2)nc1C. The Labute approximate surface area is 157 Å². The van der Waals surface area contributed by atoms with Crippen molar-refractivity contribution in [2.45, 2.75) is 26.4 Å². The number of hydrogen-bond donors (Lipinski definition) is 0. The van der Waals surface area contributed by atoms with Gasteiger partial charge in [-0.1, -0.05) is 11.3 Å². The zero-order chi connectivity index (χ0) is 19.3. The van der Waals surface area contributed by atoms with Gasteiger partial charge in [-0.3, -0.25) is 4.79 Å². The minimum Gasteiger partial charge on any atom is -0.619 e. The van der Waals surface area contributed by atoms with Crippen LogP contribution < -0.4 is 9.63 Å². The second-order valence-corrected chi connectivity index (χ2v) is 7.50. The molecule has 0 aliphatic heterocycles. The van der Waals surface area contributed by atoms with E-state index in [1.54, 1.807) is 26.0 Å². The summed E-state index contributed by atoms with van der Waals surface area (Å²) in [5.74, 6) is -1.10. The molecule has 0 saturated carbocycles. The number of halogens is 3. The van der Waals surface area contributed by atoms with E-state index in [0.717, 1.165) is 0 Å². The molecule has 5 nitrogen and oxygen atoms in total. The number of carbonyl (C=O) groups is 1. The van der Waals surface area contributed by atoms with E-state index in [2.05, 4.69) is 4.98 Å². The van der Waals surface area contributed by atoms with Gasteiger partial charge in [0.1, 0.15) is 10.0 Å². The van der Waals surface area contributed by atoms with Crippen LogP contribution in [0.5, 0.6) is 0 Å². The maximum Gasteiger partial charge on any atom is 0.397 e. The number of amides is 1. The molecule has 0 atom stereocenters. The lowest BCUT2D eigenvalue weighted by atomic mass is 10.3. The number of thioether (sulfide) groups is 1. The van der Waals surface area contributed by atoms with Crippen LogP contribution in [0.15, 0.2) is 24.5 Å². The smallest absolute Gasteiger partial charge is 0.397 e. The average Bonchev–Trinajstić information content (AvgIpc) is 2.93. The molecule has 0 aromatic carbocycles. The third-order valence-electron chi connectivity index (χ3n) is 3.38. The molecule has 1 amide bonds. The molecule has 0 aliphatic rings. The lowest BCUT2D eigenvalue weighted by molar-refractivity contribution is -0.604. The lowest BCUT2D eigenvalue weighted by Gasteiger charge is -2.19. The van der Waals surface area contributed by atoms with Crippen molar-refractivity contribution >= 4 is 34.0 Å². The Kier molecular flexibility index (Phi) is 6.87. The van der Waals surface area contributed by atoms with Crippen LogP contribution in [0.4, 0.5) is 18.2 Å². The highest BCUT2D eigenvalue weighted by Crippen LogP contribution is 2.34. The maximum absolute atomic E-state index is 12.4. The van der Waals surface area contributed by atoms with Crippen molar-refractivity contribution in [3.63, 3.8) is 0 Å². The summed E-state index contributed by atoms with van der Waals surface area (Å²) in [6.45, 7) is 3.95. The first kappa shape index (κ1) is 20.5. The molecule has 0 radical (unpaired) electrons. The molecule has 0 fully saturated rings. The van der Waals surface area contributed by atoms with E-state index in [4.69, 9.17) is 0 Å². The van der Waals surface area contributed by atoms with E-state index >= 15 is 0 Å². The molecule has 2 aromatic heterocycles. The summed E-state index contributed by atoms with van der Waals surface area (Å²) in [6.07, 6.45) is -1.44. The monoisotopic (exact) mass is 405 g/mol. The molecule has 0 N–H and O–H groups in total. The highest BCUT2D eigenvalue weighted by molar-refractivity contribution is 7.99. The predicted octanol–water partition coefficient (Wildman–Crippen LogP) is 3.79. The normalized spacial score (nSPS) is 11.6. The molecule has 2 rings (SSSR count). The minimum atomic E-state index is -4.23. The summed E-state index contributed by atoms with van der Waals surface area (Å²) >= 11 is 1.98. The van der Waals surface area contributed by atoms with Gasteiger partial charge in [-0.2, -0.15) is 29.7 Å². The Morgan fingerprint density at radius 3 is 2.81 bits per heavy atom. The Bertz CT molecular complexity index is 765. The van der Waals surface area contributed by atoms with Gasteiger partial charge in [0.25, 0.3) is 0 Å². The molecule has 0 saturated heterocycles. The highest BCUT2D eigenvalue weighted by atomic mass is 32.2. The fraction of sp³-hybridized carbons (Fsp3) is 0.438. The van der Waals surface area contributed by atoms with Crippen LogP contribution in [0.2, 0.25) is 0 Å². The van der Waals surface area contributed by atoms with Crippen molar-refractivity contribution < 1.29 is 22.7 Å². The summed E-state index contributed by atoms with van der Waals surface area (Å²) in [5.41, 5.74) is 1.29. The van der Waals surface area contributed by atoms with Gasteiger partial charge in [-0.25, -0.2) is 4.98 Å². The van der Waals surface area contributed by atoms with Gasteiger partial charge >= 0.3 is 6.18 Å². The molecule has 142 valence electrons. The van der Waals surface area contributed by atoms with Crippen molar-refractivity contribution in [3.05, 3.63) is 35.4 Å². The Morgan fingerprint density at radius 2 is 2.19 bits per heavy atom. The fourth-order valence-electron chi connectivity index (χ4n) is 2.26. The topological polar surface area (TPSA) is 60.1 Å². The van der Waals surface area contributed by atoms with E-state index in [1.165, 1.54) is 28.6 Å². The van der Waals surface area contributed by atoms with Gasteiger partial charge in [0, 0.05) is 24.8 Å².